The number of nitrogens with two attached hydrogens (primary N) is 1. The second-order valence-corrected chi connectivity index (χ2v) is 5.54. The number of aromatic nitrogens is 2. The van der Waals surface area contributed by atoms with E-state index in [1.807, 2.05) is 5.10 Å². The number of nitrogens with zero attached hydrogens (tertiary/aromatic N) is 2. The predicted molar refractivity (Wildman–Crippen MR) is 63.7 cm³/mol. The van der Waals surface area contributed by atoms with E-state index in [1.54, 1.807) is 0 Å². The minimum Gasteiger partial charge on any atom is -0.335 e. The first-order valence-corrected chi connectivity index (χ1v) is 6.53. The number of amides is 1. The van der Waals surface area contributed by atoms with Gasteiger partial charge in [0.05, 0.1) is 0 Å². The molecule has 2 atom stereocenters. The van der Waals surface area contributed by atoms with Crippen molar-refractivity contribution in [3.63, 3.8) is 0 Å². The number of aromatic amines is 1. The number of hydrogen-bond donors (Lipinski definition) is 2. The highest BCUT2D eigenvalue weighted by Gasteiger charge is 2.43. The Bertz CT molecular complexity index is 523. The molecule has 0 radical (unpaired) electrons. The quantitative estimate of drug-likeness (QED) is 0.859. The normalized spacial score (nSPS) is 27.1. The Morgan fingerprint density at radius 2 is 2.10 bits per heavy atom. The smallest absolute Gasteiger partial charge is 0.335 e. The summed E-state index contributed by atoms with van der Waals surface area (Å²) >= 11 is 0. The highest BCUT2D eigenvalue weighted by atomic mass is 19.4. The van der Waals surface area contributed by atoms with Gasteiger partial charge in [0.2, 0.25) is 0 Å². The lowest BCUT2D eigenvalue weighted by molar-refractivity contribution is -0.141. The molecule has 3 rings (SSSR count). The van der Waals surface area contributed by atoms with E-state index in [9.17, 15) is 18.0 Å². The number of H-pyrrole nitrogens is 1. The van der Waals surface area contributed by atoms with E-state index in [-0.39, 0.29) is 17.7 Å². The number of rotatable bonds is 2. The fourth-order valence-electron chi connectivity index (χ4n) is 2.78. The molecule has 3 N–H and O–H groups in total. The van der Waals surface area contributed by atoms with Gasteiger partial charge in [-0.1, -0.05) is 0 Å². The number of likely N-dealkylation sites (tertiary alicyclic amines) is 1. The van der Waals surface area contributed by atoms with Crippen LogP contribution in [0.1, 0.15) is 29.0 Å². The van der Waals surface area contributed by atoms with Crippen molar-refractivity contribution in [2.24, 2.45) is 17.6 Å². The number of carbonyl (C=O) groups excluding carboxylic acids is 1. The molecular weight excluding hydrogens is 273 g/mol. The van der Waals surface area contributed by atoms with Crippen LogP contribution in [0.4, 0.5) is 13.2 Å². The van der Waals surface area contributed by atoms with Gasteiger partial charge in [-0.3, -0.25) is 9.89 Å². The van der Waals surface area contributed by atoms with Crippen molar-refractivity contribution >= 4 is 5.91 Å². The second kappa shape index (κ2) is 4.47. The first-order chi connectivity index (χ1) is 9.36. The van der Waals surface area contributed by atoms with E-state index in [2.05, 4.69) is 5.10 Å². The minimum absolute atomic E-state index is 0.0903. The Morgan fingerprint density at radius 1 is 1.40 bits per heavy atom. The lowest BCUT2D eigenvalue weighted by atomic mass is 9.99. The van der Waals surface area contributed by atoms with Crippen LogP contribution in [-0.4, -0.2) is 40.1 Å². The number of alkyl halides is 3. The van der Waals surface area contributed by atoms with Crippen LogP contribution in [0.2, 0.25) is 0 Å². The van der Waals surface area contributed by atoms with E-state index < -0.39 is 17.8 Å². The molecule has 20 heavy (non-hydrogen) atoms. The van der Waals surface area contributed by atoms with Gasteiger partial charge >= 0.3 is 6.18 Å². The van der Waals surface area contributed by atoms with Gasteiger partial charge in [-0.25, -0.2) is 0 Å². The van der Waals surface area contributed by atoms with Gasteiger partial charge in [-0.05, 0) is 24.7 Å². The molecule has 5 nitrogen and oxygen atoms in total. The molecule has 1 saturated carbocycles. The number of carbonyl (C=O) groups is 1. The van der Waals surface area contributed by atoms with Crippen molar-refractivity contribution in [2.75, 3.05) is 13.1 Å². The van der Waals surface area contributed by atoms with Crippen LogP contribution in [0, 0.1) is 11.8 Å². The molecule has 1 aromatic rings. The number of hydrogen-bond acceptors (Lipinski definition) is 3. The predicted octanol–water partition coefficient (Wildman–Crippen LogP) is 1.24. The molecule has 0 aromatic carbocycles. The highest BCUT2D eigenvalue weighted by molar-refractivity contribution is 5.92. The van der Waals surface area contributed by atoms with Crippen LogP contribution in [-0.2, 0) is 6.18 Å². The fourth-order valence-corrected chi connectivity index (χ4v) is 2.78. The van der Waals surface area contributed by atoms with Crippen molar-refractivity contribution in [3.8, 4) is 0 Å². The Hall–Kier alpha value is -1.57. The van der Waals surface area contributed by atoms with Gasteiger partial charge in [0.25, 0.3) is 5.91 Å². The standard InChI is InChI=1S/C12H15F3N4O/c13-12(14,15)10-3-9(17-18-10)11(20)19-4-7(6-1-2-6)8(16)5-19/h3,6-8H,1-2,4-5,16H2,(H,17,18)/t7-,8+/m0/s1. The van der Waals surface area contributed by atoms with Crippen molar-refractivity contribution in [3.05, 3.63) is 17.5 Å². The van der Waals surface area contributed by atoms with Crippen molar-refractivity contribution in [1.82, 2.24) is 15.1 Å². The van der Waals surface area contributed by atoms with Crippen LogP contribution in [0.3, 0.4) is 0 Å². The van der Waals surface area contributed by atoms with Crippen molar-refractivity contribution in [1.29, 1.82) is 0 Å². The summed E-state index contributed by atoms with van der Waals surface area (Å²) < 4.78 is 37.4. The van der Waals surface area contributed by atoms with E-state index in [0.29, 0.717) is 19.0 Å². The molecule has 1 aliphatic carbocycles. The average molecular weight is 288 g/mol. The summed E-state index contributed by atoms with van der Waals surface area (Å²) in [7, 11) is 0. The Balaban J connectivity index is 1.71. The van der Waals surface area contributed by atoms with E-state index >= 15 is 0 Å². The number of halogens is 3. The zero-order valence-corrected chi connectivity index (χ0v) is 10.7. The summed E-state index contributed by atoms with van der Waals surface area (Å²) in [6.07, 6.45) is -2.27. The van der Waals surface area contributed by atoms with Gasteiger partial charge in [0, 0.05) is 25.2 Å². The molecule has 1 saturated heterocycles. The third-order valence-corrected chi connectivity index (χ3v) is 4.03. The van der Waals surface area contributed by atoms with Gasteiger partial charge in [0.1, 0.15) is 5.69 Å². The molecule has 2 heterocycles. The molecule has 0 bridgehead atoms. The van der Waals surface area contributed by atoms with E-state index in [1.165, 1.54) is 4.90 Å². The topological polar surface area (TPSA) is 75.0 Å². The summed E-state index contributed by atoms with van der Waals surface area (Å²) in [5, 5.41) is 5.31. The third kappa shape index (κ3) is 2.39. The van der Waals surface area contributed by atoms with Crippen LogP contribution in [0.5, 0.6) is 0 Å². The van der Waals surface area contributed by atoms with Gasteiger partial charge < -0.3 is 10.6 Å². The zero-order valence-electron chi connectivity index (χ0n) is 10.7. The van der Waals surface area contributed by atoms with Gasteiger partial charge in [-0.15, -0.1) is 0 Å². The highest BCUT2D eigenvalue weighted by Crippen LogP contribution is 2.41. The SMILES string of the molecule is N[C@@H]1CN(C(=O)c2cc(C(F)(F)F)[nH]n2)C[C@H]1C1CC1. The van der Waals surface area contributed by atoms with E-state index in [4.69, 9.17) is 5.73 Å². The first-order valence-electron chi connectivity index (χ1n) is 6.53. The molecule has 1 aromatic heterocycles. The maximum Gasteiger partial charge on any atom is 0.432 e. The minimum atomic E-state index is -4.52. The van der Waals surface area contributed by atoms with Crippen molar-refractivity contribution in [2.45, 2.75) is 25.1 Å². The molecular formula is C12H15F3N4O. The molecule has 1 amide bonds. The molecule has 0 spiro atoms. The van der Waals surface area contributed by atoms with Gasteiger partial charge in [-0.2, -0.15) is 18.3 Å². The molecule has 110 valence electrons. The third-order valence-electron chi connectivity index (χ3n) is 4.03. The van der Waals surface area contributed by atoms with Crippen LogP contribution < -0.4 is 5.73 Å². The summed E-state index contributed by atoms with van der Waals surface area (Å²) in [5.41, 5.74) is 4.78. The van der Waals surface area contributed by atoms with Crippen LogP contribution >= 0.6 is 0 Å². The summed E-state index contributed by atoms with van der Waals surface area (Å²) in [5.74, 6) is 0.336. The van der Waals surface area contributed by atoms with Crippen molar-refractivity contribution < 1.29 is 18.0 Å². The average Bonchev–Trinajstić information content (AvgIpc) is 2.93. The Kier molecular flexibility index (Phi) is 3.00. The molecule has 2 aliphatic rings. The summed E-state index contributed by atoms with van der Waals surface area (Å²) in [6.45, 7) is 0.896. The monoisotopic (exact) mass is 288 g/mol. The Morgan fingerprint density at radius 3 is 2.65 bits per heavy atom. The van der Waals surface area contributed by atoms with Gasteiger partial charge in [0.15, 0.2) is 5.69 Å². The zero-order chi connectivity index (χ0) is 14.5. The molecule has 1 aliphatic heterocycles. The lowest BCUT2D eigenvalue weighted by Gasteiger charge is -2.14. The lowest BCUT2D eigenvalue weighted by Crippen LogP contribution is -2.32. The largest absolute Gasteiger partial charge is 0.432 e. The maximum absolute atomic E-state index is 12.5. The fraction of sp³-hybridized carbons (Fsp3) is 0.667. The summed E-state index contributed by atoms with van der Waals surface area (Å²) in [4.78, 5) is 13.6. The Labute approximate surface area is 113 Å². The van der Waals surface area contributed by atoms with Crippen LogP contribution in [0.15, 0.2) is 6.07 Å². The van der Waals surface area contributed by atoms with E-state index in [0.717, 1.165) is 18.9 Å². The summed E-state index contributed by atoms with van der Waals surface area (Å²) in [6, 6.07) is 0.658. The van der Waals surface area contributed by atoms with Crippen LogP contribution in [0.25, 0.3) is 0 Å². The maximum atomic E-state index is 12.5. The first kappa shape index (κ1) is 13.4. The molecule has 2 fully saturated rings. The molecule has 8 heteroatoms. The second-order valence-electron chi connectivity index (χ2n) is 5.54. The molecule has 0 unspecified atom stereocenters. The number of nitrogens with one attached hydrogen (secondary N) is 1.